The van der Waals surface area contributed by atoms with Crippen LogP contribution in [0.5, 0.6) is 0 Å². The largest absolute Gasteiger partial charge is 0.481 e. The van der Waals surface area contributed by atoms with Crippen LogP contribution in [-0.4, -0.2) is 50.9 Å². The zero-order valence-corrected chi connectivity index (χ0v) is 12.8. The lowest BCUT2D eigenvalue weighted by Gasteiger charge is -2.17. The summed E-state index contributed by atoms with van der Waals surface area (Å²) in [4.78, 5) is 22.3. The number of rotatable bonds is 9. The van der Waals surface area contributed by atoms with Crippen LogP contribution in [0.15, 0.2) is 0 Å². The molecule has 0 aliphatic heterocycles. The number of carbonyl (C=O) groups excluding carboxylic acids is 1. The number of urea groups is 1. The van der Waals surface area contributed by atoms with Crippen LogP contribution in [0.25, 0.3) is 0 Å². The van der Waals surface area contributed by atoms with E-state index in [-0.39, 0.29) is 24.8 Å². The molecule has 8 nitrogen and oxygen atoms in total. The Morgan fingerprint density at radius 1 is 1.20 bits per heavy atom. The number of aliphatic carboxylic acids is 1. The van der Waals surface area contributed by atoms with Crippen molar-refractivity contribution < 1.29 is 23.1 Å². The lowest BCUT2D eigenvalue weighted by Crippen LogP contribution is -2.43. The summed E-state index contributed by atoms with van der Waals surface area (Å²) < 4.78 is 24.9. The Morgan fingerprint density at radius 2 is 1.80 bits per heavy atom. The summed E-state index contributed by atoms with van der Waals surface area (Å²) in [6, 6.07) is -0.580. The second-order valence-corrected chi connectivity index (χ2v) is 6.57. The topological polar surface area (TPSA) is 125 Å². The number of sulfonamides is 1. The van der Waals surface area contributed by atoms with Gasteiger partial charge in [0.1, 0.15) is 0 Å². The van der Waals surface area contributed by atoms with E-state index in [0.29, 0.717) is 6.54 Å². The van der Waals surface area contributed by atoms with Gasteiger partial charge in [0, 0.05) is 19.6 Å². The molecule has 0 aliphatic carbocycles. The fourth-order valence-electron chi connectivity index (χ4n) is 1.46. The molecule has 0 rings (SSSR count). The van der Waals surface area contributed by atoms with Gasteiger partial charge in [0.2, 0.25) is 10.0 Å². The van der Waals surface area contributed by atoms with Crippen LogP contribution in [0.2, 0.25) is 0 Å². The third-order valence-electron chi connectivity index (χ3n) is 2.63. The van der Waals surface area contributed by atoms with Crippen molar-refractivity contribution in [3.05, 3.63) is 0 Å². The summed E-state index contributed by atoms with van der Waals surface area (Å²) in [5.41, 5.74) is 0. The lowest BCUT2D eigenvalue weighted by atomic mass is 9.96. The van der Waals surface area contributed by atoms with Crippen molar-refractivity contribution in [1.29, 1.82) is 0 Å². The average Bonchev–Trinajstić information content (AvgIpc) is 2.27. The summed E-state index contributed by atoms with van der Waals surface area (Å²) in [5.74, 6) is -1.98. The number of hydrogen-bond donors (Lipinski definition) is 4. The van der Waals surface area contributed by atoms with Gasteiger partial charge in [0.05, 0.1) is 11.7 Å². The summed E-state index contributed by atoms with van der Waals surface area (Å²) in [6.07, 6.45) is 0. The molecule has 4 N–H and O–H groups in total. The molecule has 2 amide bonds. The van der Waals surface area contributed by atoms with E-state index in [4.69, 9.17) is 5.11 Å². The number of amides is 2. The fraction of sp³-hybridized carbons (Fsp3) is 0.818. The number of nitrogens with one attached hydrogen (secondary N) is 3. The van der Waals surface area contributed by atoms with Gasteiger partial charge >= 0.3 is 12.0 Å². The molecule has 118 valence electrons. The molecule has 0 saturated carbocycles. The zero-order valence-electron chi connectivity index (χ0n) is 12.0. The van der Waals surface area contributed by atoms with Gasteiger partial charge in [-0.25, -0.2) is 17.9 Å². The highest BCUT2D eigenvalue weighted by Crippen LogP contribution is 2.09. The fourth-order valence-corrected chi connectivity index (χ4v) is 2.42. The maximum atomic E-state index is 11.4. The Morgan fingerprint density at radius 3 is 2.25 bits per heavy atom. The van der Waals surface area contributed by atoms with E-state index in [1.807, 2.05) is 0 Å². The molecule has 0 aromatic rings. The Hall–Kier alpha value is -1.35. The number of carboxylic acids is 1. The van der Waals surface area contributed by atoms with E-state index in [9.17, 15) is 18.0 Å². The van der Waals surface area contributed by atoms with E-state index < -0.39 is 27.9 Å². The highest BCUT2D eigenvalue weighted by Gasteiger charge is 2.21. The molecule has 0 fully saturated rings. The zero-order chi connectivity index (χ0) is 15.8. The standard InChI is InChI=1S/C11H23N3O5S/c1-4-14-20(18,19)6-5-12-11(17)13-7-9(8(2)3)10(15)16/h8-9,14H,4-7H2,1-3H3,(H,15,16)(H2,12,13,17). The van der Waals surface area contributed by atoms with Gasteiger partial charge in [-0.1, -0.05) is 20.8 Å². The first kappa shape index (κ1) is 18.7. The first-order valence-corrected chi connectivity index (χ1v) is 8.06. The quantitative estimate of drug-likeness (QED) is 0.460. The molecular formula is C11H23N3O5S. The number of carbonyl (C=O) groups is 2. The SMILES string of the molecule is CCNS(=O)(=O)CCNC(=O)NCC(C(=O)O)C(C)C. The lowest BCUT2D eigenvalue weighted by molar-refractivity contribution is -0.142. The molecule has 1 atom stereocenters. The molecule has 0 spiro atoms. The highest BCUT2D eigenvalue weighted by atomic mass is 32.2. The van der Waals surface area contributed by atoms with Crippen molar-refractivity contribution in [2.24, 2.45) is 11.8 Å². The predicted octanol–water partition coefficient (Wildman–Crippen LogP) is -0.418. The van der Waals surface area contributed by atoms with Gasteiger partial charge < -0.3 is 15.7 Å². The maximum Gasteiger partial charge on any atom is 0.314 e. The Bertz CT molecular complexity index is 422. The van der Waals surface area contributed by atoms with Gasteiger partial charge in [-0.05, 0) is 5.92 Å². The summed E-state index contributed by atoms with van der Waals surface area (Å²) in [7, 11) is -3.37. The van der Waals surface area contributed by atoms with E-state index in [0.717, 1.165) is 0 Å². The van der Waals surface area contributed by atoms with Crippen molar-refractivity contribution in [2.75, 3.05) is 25.4 Å². The first-order valence-electron chi connectivity index (χ1n) is 6.41. The Kier molecular flexibility index (Phi) is 8.16. The van der Waals surface area contributed by atoms with Crippen molar-refractivity contribution in [2.45, 2.75) is 20.8 Å². The number of carboxylic acid groups (broad SMARTS) is 1. The second kappa shape index (κ2) is 8.75. The molecule has 0 saturated heterocycles. The summed E-state index contributed by atoms with van der Waals surface area (Å²) in [6.45, 7) is 5.42. The second-order valence-electron chi connectivity index (χ2n) is 4.64. The molecule has 0 aliphatic rings. The van der Waals surface area contributed by atoms with E-state index in [1.54, 1.807) is 20.8 Å². The normalized spacial score (nSPS) is 13.0. The van der Waals surface area contributed by atoms with Crippen molar-refractivity contribution >= 4 is 22.0 Å². The van der Waals surface area contributed by atoms with Crippen LogP contribution in [0.1, 0.15) is 20.8 Å². The van der Waals surface area contributed by atoms with Gasteiger partial charge in [0.25, 0.3) is 0 Å². The van der Waals surface area contributed by atoms with Gasteiger partial charge in [-0.3, -0.25) is 4.79 Å². The average molecular weight is 309 g/mol. The molecular weight excluding hydrogens is 286 g/mol. The predicted molar refractivity (Wildman–Crippen MR) is 74.8 cm³/mol. The smallest absolute Gasteiger partial charge is 0.314 e. The van der Waals surface area contributed by atoms with Crippen molar-refractivity contribution in [3.63, 3.8) is 0 Å². The molecule has 20 heavy (non-hydrogen) atoms. The molecule has 0 bridgehead atoms. The summed E-state index contributed by atoms with van der Waals surface area (Å²) in [5, 5.41) is 13.7. The molecule has 0 radical (unpaired) electrons. The van der Waals surface area contributed by atoms with Crippen molar-refractivity contribution in [1.82, 2.24) is 15.4 Å². The Balaban J connectivity index is 4.04. The van der Waals surface area contributed by atoms with E-state index in [1.165, 1.54) is 0 Å². The van der Waals surface area contributed by atoms with Crippen LogP contribution < -0.4 is 15.4 Å². The maximum absolute atomic E-state index is 11.4. The third kappa shape index (κ3) is 7.95. The minimum absolute atomic E-state index is 0.00120. The minimum Gasteiger partial charge on any atom is -0.481 e. The molecule has 0 heterocycles. The summed E-state index contributed by atoms with van der Waals surface area (Å²) >= 11 is 0. The first-order chi connectivity index (χ1) is 9.19. The van der Waals surface area contributed by atoms with Crippen LogP contribution >= 0.6 is 0 Å². The van der Waals surface area contributed by atoms with Gasteiger partial charge in [-0.15, -0.1) is 0 Å². The van der Waals surface area contributed by atoms with Crippen LogP contribution in [0.3, 0.4) is 0 Å². The van der Waals surface area contributed by atoms with E-state index >= 15 is 0 Å². The van der Waals surface area contributed by atoms with E-state index in [2.05, 4.69) is 15.4 Å². The van der Waals surface area contributed by atoms with Crippen LogP contribution in [0.4, 0.5) is 4.79 Å². The van der Waals surface area contributed by atoms with Crippen LogP contribution in [-0.2, 0) is 14.8 Å². The monoisotopic (exact) mass is 309 g/mol. The molecule has 0 aromatic carbocycles. The van der Waals surface area contributed by atoms with Gasteiger partial charge in [-0.2, -0.15) is 0 Å². The van der Waals surface area contributed by atoms with Gasteiger partial charge in [0.15, 0.2) is 0 Å². The van der Waals surface area contributed by atoms with Crippen molar-refractivity contribution in [3.8, 4) is 0 Å². The highest BCUT2D eigenvalue weighted by molar-refractivity contribution is 7.89. The van der Waals surface area contributed by atoms with Crippen LogP contribution in [0, 0.1) is 11.8 Å². The number of hydrogen-bond acceptors (Lipinski definition) is 4. The minimum atomic E-state index is -3.37. The molecule has 0 aromatic heterocycles. The molecule has 1 unspecified atom stereocenters. The Labute approximate surface area is 119 Å². The third-order valence-corrected chi connectivity index (χ3v) is 4.10. The molecule has 9 heteroatoms.